The van der Waals surface area contributed by atoms with E-state index in [4.69, 9.17) is 11.6 Å². The number of hydrogen-bond donors (Lipinski definition) is 2. The van der Waals surface area contributed by atoms with Gasteiger partial charge in [0.15, 0.2) is 0 Å². The average molecular weight is 358 g/mol. The van der Waals surface area contributed by atoms with Crippen LogP contribution in [-0.2, 0) is 16.1 Å². The molecule has 2 unspecified atom stereocenters. The first-order valence-corrected chi connectivity index (χ1v) is 8.57. The fourth-order valence-electron chi connectivity index (χ4n) is 2.89. The zero-order valence-corrected chi connectivity index (χ0v) is 14.9. The maximum absolute atomic E-state index is 12.4. The Hall–Kier alpha value is -2.40. The van der Waals surface area contributed by atoms with Crippen molar-refractivity contribution in [2.45, 2.75) is 26.8 Å². The van der Waals surface area contributed by atoms with E-state index >= 15 is 0 Å². The Morgan fingerprint density at radius 2 is 2.00 bits per heavy atom. The first-order valence-electron chi connectivity index (χ1n) is 8.20. The smallest absolute Gasteiger partial charge is 0.228 e. The first kappa shape index (κ1) is 17.4. The number of benzene rings is 1. The molecule has 2 atom stereocenters. The van der Waals surface area contributed by atoms with Crippen LogP contribution in [0.25, 0.3) is 0 Å². The van der Waals surface area contributed by atoms with Crippen LogP contribution in [0, 0.1) is 25.7 Å². The molecule has 2 amide bonds. The molecule has 130 valence electrons. The summed E-state index contributed by atoms with van der Waals surface area (Å²) in [4.78, 5) is 28.6. The molecule has 1 saturated carbocycles. The monoisotopic (exact) mass is 357 g/mol. The summed E-state index contributed by atoms with van der Waals surface area (Å²) in [5.41, 5.74) is 3.51. The highest BCUT2D eigenvalue weighted by Crippen LogP contribution is 2.40. The quantitative estimate of drug-likeness (QED) is 0.862. The summed E-state index contributed by atoms with van der Waals surface area (Å²) < 4.78 is 0. The van der Waals surface area contributed by atoms with E-state index in [0.717, 1.165) is 16.7 Å². The number of carbonyl (C=O) groups excluding carboxylic acids is 2. The summed E-state index contributed by atoms with van der Waals surface area (Å²) in [5.74, 6) is -0.835. The molecule has 0 radical (unpaired) electrons. The molecule has 2 aromatic rings. The van der Waals surface area contributed by atoms with Crippen LogP contribution >= 0.6 is 11.6 Å². The van der Waals surface area contributed by atoms with Crippen LogP contribution in [0.2, 0.25) is 5.02 Å². The topological polar surface area (TPSA) is 71.1 Å². The van der Waals surface area contributed by atoms with E-state index in [0.29, 0.717) is 23.7 Å². The van der Waals surface area contributed by atoms with Gasteiger partial charge in [0.05, 0.1) is 22.5 Å². The lowest BCUT2D eigenvalue weighted by Gasteiger charge is -2.11. The molecule has 0 bridgehead atoms. The van der Waals surface area contributed by atoms with Crippen LogP contribution in [-0.4, -0.2) is 16.8 Å². The Kier molecular flexibility index (Phi) is 5.04. The predicted molar refractivity (Wildman–Crippen MR) is 97.2 cm³/mol. The summed E-state index contributed by atoms with van der Waals surface area (Å²) in [6, 6.07) is 7.50. The van der Waals surface area contributed by atoms with E-state index in [9.17, 15) is 9.59 Å². The van der Waals surface area contributed by atoms with E-state index in [1.54, 1.807) is 12.4 Å². The number of aryl methyl sites for hydroxylation is 2. The number of amides is 2. The molecule has 3 rings (SSSR count). The fraction of sp³-hybridized carbons (Fsp3) is 0.316. The number of rotatable bonds is 5. The number of carbonyl (C=O) groups is 2. The maximum atomic E-state index is 12.4. The molecule has 1 fully saturated rings. The molecule has 1 aliphatic rings. The van der Waals surface area contributed by atoms with Crippen LogP contribution in [0.15, 0.2) is 36.7 Å². The summed E-state index contributed by atoms with van der Waals surface area (Å²) in [7, 11) is 0. The summed E-state index contributed by atoms with van der Waals surface area (Å²) in [6.45, 7) is 4.27. The average Bonchev–Trinajstić information content (AvgIpc) is 3.37. The van der Waals surface area contributed by atoms with Crippen molar-refractivity contribution in [1.29, 1.82) is 0 Å². The van der Waals surface area contributed by atoms with Crippen LogP contribution in [0.4, 0.5) is 5.69 Å². The molecule has 25 heavy (non-hydrogen) atoms. The van der Waals surface area contributed by atoms with Crippen molar-refractivity contribution in [3.05, 3.63) is 58.4 Å². The van der Waals surface area contributed by atoms with Crippen molar-refractivity contribution < 1.29 is 9.59 Å². The molecule has 1 aliphatic carbocycles. The number of nitrogens with one attached hydrogen (secondary N) is 2. The van der Waals surface area contributed by atoms with Gasteiger partial charge in [-0.2, -0.15) is 0 Å². The van der Waals surface area contributed by atoms with Gasteiger partial charge in [-0.15, -0.1) is 0 Å². The van der Waals surface area contributed by atoms with Crippen molar-refractivity contribution in [3.8, 4) is 0 Å². The molecular weight excluding hydrogens is 338 g/mol. The second kappa shape index (κ2) is 7.23. The van der Waals surface area contributed by atoms with Gasteiger partial charge in [0.2, 0.25) is 11.8 Å². The third kappa shape index (κ3) is 4.17. The number of aromatic nitrogens is 1. The minimum atomic E-state index is -0.300. The lowest BCUT2D eigenvalue weighted by Crippen LogP contribution is -2.27. The lowest BCUT2D eigenvalue weighted by atomic mass is 10.1. The Bertz CT molecular complexity index is 785. The van der Waals surface area contributed by atoms with Crippen molar-refractivity contribution >= 4 is 29.1 Å². The van der Waals surface area contributed by atoms with Gasteiger partial charge in [-0.05, 0) is 49.1 Å². The molecule has 1 aromatic heterocycles. The maximum Gasteiger partial charge on any atom is 0.228 e. The second-order valence-corrected chi connectivity index (χ2v) is 6.86. The Morgan fingerprint density at radius 3 is 2.68 bits per heavy atom. The minimum absolute atomic E-state index is 0.101. The summed E-state index contributed by atoms with van der Waals surface area (Å²) >= 11 is 6.22. The standard InChI is InChI=1S/C19H20ClN3O2/c1-11-6-12(2)17(16(20)7-11)23-19(25)15-8-14(15)18(24)22-10-13-4-3-5-21-9-13/h3-7,9,14-15H,8,10H2,1-2H3,(H,22,24)(H,23,25). The van der Waals surface area contributed by atoms with E-state index < -0.39 is 0 Å². The van der Waals surface area contributed by atoms with Gasteiger partial charge in [0.1, 0.15) is 0 Å². The highest BCUT2D eigenvalue weighted by Gasteiger charge is 2.48. The highest BCUT2D eigenvalue weighted by atomic mass is 35.5. The van der Waals surface area contributed by atoms with E-state index in [-0.39, 0.29) is 23.7 Å². The van der Waals surface area contributed by atoms with Crippen molar-refractivity contribution in [3.63, 3.8) is 0 Å². The zero-order valence-electron chi connectivity index (χ0n) is 14.2. The first-order chi connectivity index (χ1) is 12.0. The van der Waals surface area contributed by atoms with Gasteiger partial charge in [-0.1, -0.05) is 23.7 Å². The molecule has 5 nitrogen and oxygen atoms in total. The molecule has 6 heteroatoms. The van der Waals surface area contributed by atoms with Crippen molar-refractivity contribution in [2.75, 3.05) is 5.32 Å². The third-order valence-corrected chi connectivity index (χ3v) is 4.63. The van der Waals surface area contributed by atoms with Gasteiger partial charge in [0, 0.05) is 18.9 Å². The second-order valence-electron chi connectivity index (χ2n) is 6.46. The van der Waals surface area contributed by atoms with Gasteiger partial charge in [0.25, 0.3) is 0 Å². The molecule has 0 saturated heterocycles. The number of nitrogens with zero attached hydrogens (tertiary/aromatic N) is 1. The molecular formula is C19H20ClN3O2. The van der Waals surface area contributed by atoms with Crippen molar-refractivity contribution in [2.24, 2.45) is 11.8 Å². The van der Waals surface area contributed by atoms with Crippen LogP contribution in [0.1, 0.15) is 23.1 Å². The SMILES string of the molecule is Cc1cc(C)c(NC(=O)C2CC2C(=O)NCc2cccnc2)c(Cl)c1. The lowest BCUT2D eigenvalue weighted by molar-refractivity contribution is -0.125. The number of pyridine rings is 1. The van der Waals surface area contributed by atoms with Gasteiger partial charge >= 0.3 is 0 Å². The van der Waals surface area contributed by atoms with Gasteiger partial charge < -0.3 is 10.6 Å². The van der Waals surface area contributed by atoms with Crippen LogP contribution in [0.5, 0.6) is 0 Å². The Balaban J connectivity index is 1.54. The van der Waals surface area contributed by atoms with Crippen LogP contribution < -0.4 is 10.6 Å². The van der Waals surface area contributed by atoms with Gasteiger partial charge in [-0.25, -0.2) is 0 Å². The number of anilines is 1. The van der Waals surface area contributed by atoms with Crippen molar-refractivity contribution in [1.82, 2.24) is 10.3 Å². The summed E-state index contributed by atoms with van der Waals surface area (Å²) in [6.07, 6.45) is 3.96. The molecule has 0 spiro atoms. The van der Waals surface area contributed by atoms with E-state index in [2.05, 4.69) is 15.6 Å². The molecule has 0 aliphatic heterocycles. The number of hydrogen-bond acceptors (Lipinski definition) is 3. The van der Waals surface area contributed by atoms with E-state index in [1.165, 1.54) is 0 Å². The Labute approximate surface area is 151 Å². The van der Waals surface area contributed by atoms with Gasteiger partial charge in [-0.3, -0.25) is 14.6 Å². The third-order valence-electron chi connectivity index (χ3n) is 4.33. The zero-order chi connectivity index (χ0) is 18.0. The largest absolute Gasteiger partial charge is 0.352 e. The molecule has 1 heterocycles. The molecule has 2 N–H and O–H groups in total. The van der Waals surface area contributed by atoms with E-state index in [1.807, 2.05) is 38.1 Å². The normalized spacial score (nSPS) is 18.5. The number of halogens is 1. The predicted octanol–water partition coefficient (Wildman–Crippen LogP) is 3.24. The summed E-state index contributed by atoms with van der Waals surface area (Å²) in [5, 5.41) is 6.24. The highest BCUT2D eigenvalue weighted by molar-refractivity contribution is 6.34. The fourth-order valence-corrected chi connectivity index (χ4v) is 3.26. The molecule has 1 aromatic carbocycles. The van der Waals surface area contributed by atoms with Crippen LogP contribution in [0.3, 0.4) is 0 Å². The Morgan fingerprint density at radius 1 is 1.24 bits per heavy atom. The minimum Gasteiger partial charge on any atom is -0.352 e.